The van der Waals surface area contributed by atoms with E-state index in [0.29, 0.717) is 0 Å². The molecule has 0 spiro atoms. The molecular formula is C11H15F3N2O2. The molecule has 0 aliphatic carbocycles. The molecule has 4 nitrogen and oxygen atoms in total. The standard InChI is InChI=1S/C11H15F3N2O2/c1-4-18-9(17)5-8(3)16-6-7(2)10(15-16)11(12,13)14/h6,8H,4-5H2,1-3H3/t8-/m1/s1. The van der Waals surface area contributed by atoms with E-state index in [0.717, 1.165) is 4.68 Å². The van der Waals surface area contributed by atoms with Crippen molar-refractivity contribution >= 4 is 5.97 Å². The number of rotatable bonds is 4. The number of esters is 1. The molecule has 0 amide bonds. The summed E-state index contributed by atoms with van der Waals surface area (Å²) in [6.07, 6.45) is -3.20. The van der Waals surface area contributed by atoms with Gasteiger partial charge in [-0.15, -0.1) is 0 Å². The van der Waals surface area contributed by atoms with Gasteiger partial charge in [-0.2, -0.15) is 18.3 Å². The molecule has 1 atom stereocenters. The zero-order valence-corrected chi connectivity index (χ0v) is 10.4. The minimum absolute atomic E-state index is 0.00768. The van der Waals surface area contributed by atoms with Crippen molar-refractivity contribution in [3.63, 3.8) is 0 Å². The quantitative estimate of drug-likeness (QED) is 0.785. The van der Waals surface area contributed by atoms with Crippen LogP contribution in [0.2, 0.25) is 0 Å². The number of nitrogens with zero attached hydrogens (tertiary/aromatic N) is 2. The van der Waals surface area contributed by atoms with Crippen LogP contribution < -0.4 is 0 Å². The van der Waals surface area contributed by atoms with Crippen LogP contribution in [0, 0.1) is 6.92 Å². The third-order valence-electron chi connectivity index (χ3n) is 2.40. The molecule has 0 saturated carbocycles. The zero-order chi connectivity index (χ0) is 13.9. The van der Waals surface area contributed by atoms with Gasteiger partial charge in [0.25, 0.3) is 0 Å². The summed E-state index contributed by atoms with van der Waals surface area (Å²) in [5.41, 5.74) is -0.878. The van der Waals surface area contributed by atoms with Crippen LogP contribution in [0.4, 0.5) is 13.2 Å². The van der Waals surface area contributed by atoms with Gasteiger partial charge in [0, 0.05) is 6.20 Å². The zero-order valence-electron chi connectivity index (χ0n) is 10.4. The predicted octanol–water partition coefficient (Wildman–Crippen LogP) is 2.72. The number of halogens is 3. The summed E-state index contributed by atoms with van der Waals surface area (Å²) in [6.45, 7) is 4.87. The molecule has 0 N–H and O–H groups in total. The number of alkyl halides is 3. The Bertz CT molecular complexity index is 426. The second-order valence-corrected chi connectivity index (χ2v) is 4.00. The Morgan fingerprint density at radius 1 is 1.56 bits per heavy atom. The van der Waals surface area contributed by atoms with Gasteiger partial charge in [-0.1, -0.05) is 0 Å². The second-order valence-electron chi connectivity index (χ2n) is 4.00. The SMILES string of the molecule is CCOC(=O)C[C@@H](C)n1cc(C)c(C(F)(F)F)n1. The van der Waals surface area contributed by atoms with Crippen LogP contribution in [-0.2, 0) is 15.7 Å². The van der Waals surface area contributed by atoms with E-state index in [9.17, 15) is 18.0 Å². The van der Waals surface area contributed by atoms with E-state index in [-0.39, 0.29) is 18.6 Å². The average Bonchev–Trinajstić information content (AvgIpc) is 2.60. The molecule has 1 rings (SSSR count). The molecule has 18 heavy (non-hydrogen) atoms. The summed E-state index contributed by atoms with van der Waals surface area (Å²) in [4.78, 5) is 11.2. The van der Waals surface area contributed by atoms with Crippen LogP contribution in [0.25, 0.3) is 0 Å². The maximum Gasteiger partial charge on any atom is 0.435 e. The fraction of sp³-hybridized carbons (Fsp3) is 0.636. The van der Waals surface area contributed by atoms with Crippen molar-refractivity contribution in [2.75, 3.05) is 6.61 Å². The van der Waals surface area contributed by atoms with Gasteiger partial charge >= 0.3 is 12.1 Å². The highest BCUT2D eigenvalue weighted by atomic mass is 19.4. The number of carbonyl (C=O) groups is 1. The molecule has 7 heteroatoms. The number of hydrogen-bond donors (Lipinski definition) is 0. The third-order valence-corrected chi connectivity index (χ3v) is 2.40. The van der Waals surface area contributed by atoms with Crippen LogP contribution in [0.1, 0.15) is 37.6 Å². The van der Waals surface area contributed by atoms with Gasteiger partial charge in [-0.3, -0.25) is 9.48 Å². The highest BCUT2D eigenvalue weighted by molar-refractivity contribution is 5.69. The highest BCUT2D eigenvalue weighted by Crippen LogP contribution is 2.31. The lowest BCUT2D eigenvalue weighted by Gasteiger charge is -2.11. The van der Waals surface area contributed by atoms with Gasteiger partial charge in [-0.05, 0) is 26.3 Å². The van der Waals surface area contributed by atoms with Crippen LogP contribution >= 0.6 is 0 Å². The molecule has 1 aromatic rings. The van der Waals surface area contributed by atoms with Gasteiger partial charge < -0.3 is 4.74 Å². The molecule has 0 aromatic carbocycles. The minimum atomic E-state index is -4.47. The second kappa shape index (κ2) is 5.41. The van der Waals surface area contributed by atoms with Crippen molar-refractivity contribution in [1.29, 1.82) is 0 Å². The number of aromatic nitrogens is 2. The van der Waals surface area contributed by atoms with Crippen LogP contribution in [0.15, 0.2) is 6.20 Å². The molecule has 0 bridgehead atoms. The van der Waals surface area contributed by atoms with Crippen LogP contribution in [0.5, 0.6) is 0 Å². The first-order chi connectivity index (χ1) is 8.25. The molecule has 0 aliphatic rings. The van der Waals surface area contributed by atoms with E-state index < -0.39 is 23.9 Å². The Kier molecular flexibility index (Phi) is 4.37. The normalized spacial score (nSPS) is 13.4. The molecule has 1 aromatic heterocycles. The summed E-state index contributed by atoms with van der Waals surface area (Å²) in [5.74, 6) is -0.452. The minimum Gasteiger partial charge on any atom is -0.466 e. The van der Waals surface area contributed by atoms with E-state index in [1.165, 1.54) is 13.1 Å². The Morgan fingerprint density at radius 3 is 2.61 bits per heavy atom. The first kappa shape index (κ1) is 14.5. The Morgan fingerprint density at radius 2 is 2.17 bits per heavy atom. The Hall–Kier alpha value is -1.53. The molecule has 0 aliphatic heterocycles. The van der Waals surface area contributed by atoms with E-state index in [1.54, 1.807) is 13.8 Å². The van der Waals surface area contributed by atoms with Crippen LogP contribution in [0.3, 0.4) is 0 Å². The van der Waals surface area contributed by atoms with Gasteiger partial charge in [0.15, 0.2) is 5.69 Å². The summed E-state index contributed by atoms with van der Waals surface area (Å²) in [5, 5.41) is 3.48. The number of aryl methyl sites for hydroxylation is 1. The fourth-order valence-electron chi connectivity index (χ4n) is 1.54. The summed E-state index contributed by atoms with van der Waals surface area (Å²) >= 11 is 0. The Balaban J connectivity index is 2.82. The maximum absolute atomic E-state index is 12.5. The van der Waals surface area contributed by atoms with Crippen molar-refractivity contribution < 1.29 is 22.7 Å². The van der Waals surface area contributed by atoms with Gasteiger partial charge in [0.1, 0.15) is 0 Å². The highest BCUT2D eigenvalue weighted by Gasteiger charge is 2.36. The lowest BCUT2D eigenvalue weighted by Crippen LogP contribution is -2.15. The smallest absolute Gasteiger partial charge is 0.435 e. The molecule has 102 valence electrons. The summed E-state index contributed by atoms with van der Waals surface area (Å²) in [7, 11) is 0. The monoisotopic (exact) mass is 264 g/mol. The predicted molar refractivity (Wildman–Crippen MR) is 57.9 cm³/mol. The lowest BCUT2D eigenvalue weighted by atomic mass is 10.2. The number of ether oxygens (including phenoxy) is 1. The van der Waals surface area contributed by atoms with Crippen molar-refractivity contribution in [3.05, 3.63) is 17.5 Å². The van der Waals surface area contributed by atoms with Gasteiger partial charge in [-0.25, -0.2) is 0 Å². The fourth-order valence-corrected chi connectivity index (χ4v) is 1.54. The number of hydrogen-bond acceptors (Lipinski definition) is 3. The topological polar surface area (TPSA) is 44.1 Å². The number of carbonyl (C=O) groups excluding carboxylic acids is 1. The third kappa shape index (κ3) is 3.48. The van der Waals surface area contributed by atoms with Crippen molar-refractivity contribution in [2.45, 2.75) is 39.4 Å². The summed E-state index contributed by atoms with van der Waals surface area (Å²) < 4.78 is 43.5. The lowest BCUT2D eigenvalue weighted by molar-refractivity contribution is -0.144. The average molecular weight is 264 g/mol. The van der Waals surface area contributed by atoms with E-state index in [2.05, 4.69) is 5.10 Å². The molecule has 1 heterocycles. The van der Waals surface area contributed by atoms with E-state index in [4.69, 9.17) is 4.74 Å². The molecular weight excluding hydrogens is 249 g/mol. The van der Waals surface area contributed by atoms with Crippen molar-refractivity contribution in [2.24, 2.45) is 0 Å². The molecule has 0 unspecified atom stereocenters. The van der Waals surface area contributed by atoms with Crippen molar-refractivity contribution in [1.82, 2.24) is 9.78 Å². The van der Waals surface area contributed by atoms with Crippen LogP contribution in [-0.4, -0.2) is 22.4 Å². The Labute approximate surface area is 103 Å². The first-order valence-corrected chi connectivity index (χ1v) is 5.54. The van der Waals surface area contributed by atoms with E-state index >= 15 is 0 Å². The molecule has 0 radical (unpaired) electrons. The molecule has 0 fully saturated rings. The van der Waals surface area contributed by atoms with Gasteiger partial charge in [0.05, 0.1) is 19.1 Å². The van der Waals surface area contributed by atoms with Crippen molar-refractivity contribution in [3.8, 4) is 0 Å². The first-order valence-electron chi connectivity index (χ1n) is 5.54. The van der Waals surface area contributed by atoms with Gasteiger partial charge in [0.2, 0.25) is 0 Å². The summed E-state index contributed by atoms with van der Waals surface area (Å²) in [6, 6.07) is -0.473. The largest absolute Gasteiger partial charge is 0.466 e. The molecule has 0 saturated heterocycles. The van der Waals surface area contributed by atoms with E-state index in [1.807, 2.05) is 0 Å². The maximum atomic E-state index is 12.5.